The molecule has 0 fully saturated rings. The molecule has 0 unspecified atom stereocenters. The van der Waals surface area contributed by atoms with Crippen molar-refractivity contribution in [3.63, 3.8) is 0 Å². The summed E-state index contributed by atoms with van der Waals surface area (Å²) in [5.74, 6) is 0. The van der Waals surface area contributed by atoms with Crippen molar-refractivity contribution in [3.05, 3.63) is 46.3 Å². The summed E-state index contributed by atoms with van der Waals surface area (Å²) in [6.45, 7) is 6.68. The topological polar surface area (TPSA) is 64.0 Å². The van der Waals surface area contributed by atoms with Gasteiger partial charge in [0.05, 0.1) is 17.6 Å². The van der Waals surface area contributed by atoms with Crippen molar-refractivity contribution in [1.82, 2.24) is 14.5 Å². The number of nitrogens with one attached hydrogen (secondary N) is 1. The first-order chi connectivity index (χ1) is 11.4. The molecule has 3 rings (SSSR count). The minimum absolute atomic E-state index is 0.350. The third kappa shape index (κ3) is 3.39. The van der Waals surface area contributed by atoms with E-state index in [-0.39, 0.29) is 0 Å². The van der Waals surface area contributed by atoms with Gasteiger partial charge in [0.25, 0.3) is 0 Å². The number of rotatable bonds is 5. The van der Waals surface area contributed by atoms with Crippen LogP contribution in [-0.4, -0.2) is 24.7 Å². The number of hydrogen-bond acceptors (Lipinski definition) is 3. The van der Waals surface area contributed by atoms with Gasteiger partial charge in [-0.2, -0.15) is 5.10 Å². The number of nitrogens with zero attached hydrogens (tertiary/aromatic N) is 2. The van der Waals surface area contributed by atoms with Crippen LogP contribution >= 0.6 is 0 Å². The second kappa shape index (κ2) is 6.69. The van der Waals surface area contributed by atoms with Crippen LogP contribution in [0.15, 0.2) is 23.2 Å². The fourth-order valence-electron chi connectivity index (χ4n) is 3.34. The maximum atomic E-state index is 12.6. The van der Waals surface area contributed by atoms with E-state index in [1.165, 1.54) is 24.1 Å². The molecule has 24 heavy (non-hydrogen) atoms. The molecule has 0 bridgehead atoms. The van der Waals surface area contributed by atoms with E-state index in [4.69, 9.17) is 0 Å². The van der Waals surface area contributed by atoms with Crippen molar-refractivity contribution in [1.29, 1.82) is 0 Å². The van der Waals surface area contributed by atoms with E-state index >= 15 is 0 Å². The van der Waals surface area contributed by atoms with Crippen molar-refractivity contribution in [2.75, 3.05) is 6.54 Å². The maximum Gasteiger partial charge on any atom is 0.240 e. The number of aromatic nitrogens is 2. The Balaban J connectivity index is 1.70. The van der Waals surface area contributed by atoms with Crippen molar-refractivity contribution < 1.29 is 8.42 Å². The van der Waals surface area contributed by atoms with Crippen molar-refractivity contribution in [2.45, 2.75) is 57.9 Å². The minimum atomic E-state index is -3.50. The van der Waals surface area contributed by atoms with Gasteiger partial charge in [-0.1, -0.05) is 6.07 Å². The fourth-order valence-corrected chi connectivity index (χ4v) is 4.67. The molecule has 130 valence electrons. The van der Waals surface area contributed by atoms with E-state index in [9.17, 15) is 8.42 Å². The first kappa shape index (κ1) is 17.2. The minimum Gasteiger partial charge on any atom is -0.268 e. The van der Waals surface area contributed by atoms with Gasteiger partial charge in [0.15, 0.2) is 0 Å². The van der Waals surface area contributed by atoms with E-state index in [2.05, 4.69) is 9.82 Å². The van der Waals surface area contributed by atoms with E-state index in [0.29, 0.717) is 18.0 Å². The van der Waals surface area contributed by atoms with Crippen LogP contribution in [0.25, 0.3) is 0 Å². The molecule has 0 saturated carbocycles. The lowest BCUT2D eigenvalue weighted by Crippen LogP contribution is -2.29. The summed E-state index contributed by atoms with van der Waals surface area (Å²) in [5, 5.41) is 4.42. The van der Waals surface area contributed by atoms with E-state index in [1.54, 1.807) is 6.07 Å². The number of fused-ring (bicyclic) bond motifs is 1. The molecule has 1 aliphatic rings. The summed E-state index contributed by atoms with van der Waals surface area (Å²) in [6.07, 6.45) is 6.46. The monoisotopic (exact) mass is 347 g/mol. The Morgan fingerprint density at radius 3 is 2.58 bits per heavy atom. The van der Waals surface area contributed by atoms with E-state index in [0.717, 1.165) is 29.5 Å². The quantitative estimate of drug-likeness (QED) is 0.904. The molecular weight excluding hydrogens is 322 g/mol. The Morgan fingerprint density at radius 1 is 1.08 bits per heavy atom. The van der Waals surface area contributed by atoms with Crippen LogP contribution in [0.4, 0.5) is 0 Å². The summed E-state index contributed by atoms with van der Waals surface area (Å²) < 4.78 is 29.9. The largest absolute Gasteiger partial charge is 0.268 e. The van der Waals surface area contributed by atoms with Crippen LogP contribution < -0.4 is 4.72 Å². The van der Waals surface area contributed by atoms with E-state index < -0.39 is 10.0 Å². The third-order valence-corrected chi connectivity index (χ3v) is 6.44. The smallest absolute Gasteiger partial charge is 0.240 e. The molecule has 0 spiro atoms. The molecule has 0 radical (unpaired) electrons. The zero-order valence-electron chi connectivity index (χ0n) is 14.6. The van der Waals surface area contributed by atoms with Gasteiger partial charge in [-0.3, -0.25) is 4.68 Å². The summed E-state index contributed by atoms with van der Waals surface area (Å²) in [6, 6.07) is 3.68. The zero-order valence-corrected chi connectivity index (χ0v) is 15.4. The average Bonchev–Trinajstić information content (AvgIpc) is 2.94. The summed E-state index contributed by atoms with van der Waals surface area (Å²) >= 11 is 0. The number of hydrogen-bond donors (Lipinski definition) is 1. The first-order valence-corrected chi connectivity index (χ1v) is 9.98. The van der Waals surface area contributed by atoms with Crippen LogP contribution in [-0.2, 0) is 29.4 Å². The molecule has 2 aromatic rings. The Labute approximate surface area is 144 Å². The van der Waals surface area contributed by atoms with Gasteiger partial charge in [0.1, 0.15) is 0 Å². The van der Waals surface area contributed by atoms with Gasteiger partial charge in [-0.25, -0.2) is 13.1 Å². The molecule has 1 aliphatic carbocycles. The summed E-state index contributed by atoms with van der Waals surface area (Å²) in [5.41, 5.74) is 5.45. The molecule has 0 amide bonds. The summed E-state index contributed by atoms with van der Waals surface area (Å²) in [4.78, 5) is 0.369. The Hall–Kier alpha value is -1.66. The standard InChI is InChI=1S/C18H25N3O2S/c1-13-10-15(3)18(11-14(13)2)24(22,23)20-8-9-21-17-7-5-4-6-16(17)12-19-21/h10-12,20H,4-9H2,1-3H3. The van der Waals surface area contributed by atoms with E-state index in [1.807, 2.05) is 37.7 Å². The summed E-state index contributed by atoms with van der Waals surface area (Å²) in [7, 11) is -3.50. The van der Waals surface area contributed by atoms with Crippen LogP contribution in [0, 0.1) is 20.8 Å². The number of aryl methyl sites for hydroxylation is 4. The molecule has 0 aliphatic heterocycles. The van der Waals surface area contributed by atoms with Crippen molar-refractivity contribution in [3.8, 4) is 0 Å². The lowest BCUT2D eigenvalue weighted by molar-refractivity contribution is 0.538. The van der Waals surface area contributed by atoms with Gasteiger partial charge in [0, 0.05) is 12.2 Å². The van der Waals surface area contributed by atoms with Crippen molar-refractivity contribution >= 4 is 10.0 Å². The lowest BCUT2D eigenvalue weighted by Gasteiger charge is -2.15. The van der Waals surface area contributed by atoms with Crippen LogP contribution in [0.3, 0.4) is 0 Å². The lowest BCUT2D eigenvalue weighted by atomic mass is 9.98. The van der Waals surface area contributed by atoms with Crippen LogP contribution in [0.1, 0.15) is 40.8 Å². The molecule has 6 heteroatoms. The van der Waals surface area contributed by atoms with Gasteiger partial charge in [-0.15, -0.1) is 0 Å². The molecule has 1 N–H and O–H groups in total. The molecule has 5 nitrogen and oxygen atoms in total. The highest BCUT2D eigenvalue weighted by Crippen LogP contribution is 2.21. The van der Waals surface area contributed by atoms with Gasteiger partial charge >= 0.3 is 0 Å². The molecular formula is C18H25N3O2S. The zero-order chi connectivity index (χ0) is 17.3. The second-order valence-electron chi connectivity index (χ2n) is 6.65. The van der Waals surface area contributed by atoms with Crippen LogP contribution in [0.2, 0.25) is 0 Å². The third-order valence-electron chi connectivity index (χ3n) is 4.84. The number of benzene rings is 1. The Morgan fingerprint density at radius 2 is 1.79 bits per heavy atom. The Kier molecular flexibility index (Phi) is 4.78. The molecule has 0 saturated heterocycles. The molecule has 1 aromatic carbocycles. The molecule has 1 heterocycles. The Bertz CT molecular complexity index is 853. The SMILES string of the molecule is Cc1cc(C)c(S(=O)(=O)NCCn2ncc3c2CCCC3)cc1C. The maximum absolute atomic E-state index is 12.6. The second-order valence-corrected chi connectivity index (χ2v) is 8.38. The average molecular weight is 347 g/mol. The molecule has 0 atom stereocenters. The van der Waals surface area contributed by atoms with Gasteiger partial charge in [0.2, 0.25) is 10.0 Å². The fraction of sp³-hybridized carbons (Fsp3) is 0.500. The van der Waals surface area contributed by atoms with Crippen molar-refractivity contribution in [2.24, 2.45) is 0 Å². The highest BCUT2D eigenvalue weighted by molar-refractivity contribution is 7.89. The molecule has 1 aromatic heterocycles. The normalized spacial score (nSPS) is 14.6. The highest BCUT2D eigenvalue weighted by atomic mass is 32.2. The highest BCUT2D eigenvalue weighted by Gasteiger charge is 2.19. The van der Waals surface area contributed by atoms with Gasteiger partial charge in [-0.05, 0) is 74.8 Å². The predicted octanol–water partition coefficient (Wildman–Crippen LogP) is 2.67. The predicted molar refractivity (Wildman–Crippen MR) is 94.7 cm³/mol. The number of sulfonamides is 1. The van der Waals surface area contributed by atoms with Crippen LogP contribution in [0.5, 0.6) is 0 Å². The van der Waals surface area contributed by atoms with Gasteiger partial charge < -0.3 is 0 Å². The first-order valence-electron chi connectivity index (χ1n) is 8.49.